The van der Waals surface area contributed by atoms with Crippen LogP contribution < -0.4 is 10.1 Å². The van der Waals surface area contributed by atoms with Gasteiger partial charge in [-0.2, -0.15) is 22.5 Å². The number of aromatic nitrogens is 2. The molecule has 1 aromatic heterocycles. The first-order chi connectivity index (χ1) is 18.0. The number of benzene rings is 1. The van der Waals surface area contributed by atoms with Gasteiger partial charge >= 0.3 is 6.18 Å². The van der Waals surface area contributed by atoms with Crippen LogP contribution in [-0.4, -0.2) is 70.7 Å². The van der Waals surface area contributed by atoms with E-state index in [9.17, 15) is 39.9 Å². The molecule has 0 radical (unpaired) electrons. The number of aliphatic hydroxyl groups is 1. The highest BCUT2D eigenvalue weighted by Crippen LogP contribution is 2.42. The van der Waals surface area contributed by atoms with Crippen LogP contribution in [0.4, 0.5) is 36.7 Å². The monoisotopic (exact) mass is 586 g/mol. The zero-order valence-electron chi connectivity index (χ0n) is 20.4. The number of rotatable bonds is 6. The molecule has 1 saturated heterocycles. The Labute approximate surface area is 219 Å². The van der Waals surface area contributed by atoms with Crippen molar-refractivity contribution in [1.29, 1.82) is 0 Å². The summed E-state index contributed by atoms with van der Waals surface area (Å²) in [7, 11) is -4.13. The van der Waals surface area contributed by atoms with Gasteiger partial charge in [0, 0.05) is 32.1 Å². The van der Waals surface area contributed by atoms with E-state index in [4.69, 9.17) is 4.74 Å². The second-order valence-corrected chi connectivity index (χ2v) is 11.8. The number of sulfonamides is 1. The predicted octanol–water partition coefficient (Wildman–Crippen LogP) is 4.17. The van der Waals surface area contributed by atoms with E-state index in [0.717, 1.165) is 35.5 Å². The smallest absolute Gasteiger partial charge is 0.423 e. The summed E-state index contributed by atoms with van der Waals surface area (Å²) in [4.78, 5) is 7.03. The first-order valence-electron chi connectivity index (χ1n) is 11.9. The number of halogens is 7. The highest BCUT2D eigenvalue weighted by molar-refractivity contribution is 7.89. The summed E-state index contributed by atoms with van der Waals surface area (Å²) < 4.78 is 128. The van der Waals surface area contributed by atoms with Crippen LogP contribution in [0.2, 0.25) is 0 Å². The molecule has 16 heteroatoms. The molecule has 2 aromatic rings. The zero-order chi connectivity index (χ0) is 28.8. The minimum absolute atomic E-state index is 0.116. The first kappa shape index (κ1) is 29.3. The summed E-state index contributed by atoms with van der Waals surface area (Å²) >= 11 is 0. The van der Waals surface area contributed by atoms with Crippen LogP contribution in [0.3, 0.4) is 0 Å². The number of hydrogen-bond acceptors (Lipinski definition) is 7. The van der Waals surface area contributed by atoms with E-state index in [1.54, 1.807) is 0 Å². The van der Waals surface area contributed by atoms with E-state index in [2.05, 4.69) is 15.3 Å². The lowest BCUT2D eigenvalue weighted by Crippen LogP contribution is -2.52. The third-order valence-electron chi connectivity index (χ3n) is 6.67. The molecule has 2 aliphatic rings. The van der Waals surface area contributed by atoms with E-state index >= 15 is 4.39 Å². The van der Waals surface area contributed by atoms with E-state index < -0.39 is 95.1 Å². The zero-order valence-corrected chi connectivity index (χ0v) is 21.2. The van der Waals surface area contributed by atoms with Gasteiger partial charge in [0.2, 0.25) is 21.9 Å². The van der Waals surface area contributed by atoms with E-state index in [0.29, 0.717) is 6.20 Å². The van der Waals surface area contributed by atoms with Crippen LogP contribution >= 0.6 is 0 Å². The van der Waals surface area contributed by atoms with E-state index in [-0.39, 0.29) is 17.9 Å². The van der Waals surface area contributed by atoms with Crippen molar-refractivity contribution in [1.82, 2.24) is 14.3 Å². The Morgan fingerprint density at radius 2 is 1.85 bits per heavy atom. The van der Waals surface area contributed by atoms with Gasteiger partial charge in [0.05, 0.1) is 10.9 Å². The molecule has 2 N–H and O–H groups in total. The van der Waals surface area contributed by atoms with Crippen molar-refractivity contribution < 1.29 is 49.0 Å². The Balaban J connectivity index is 1.50. The van der Waals surface area contributed by atoms with Crippen molar-refractivity contribution in [2.45, 2.75) is 73.5 Å². The summed E-state index contributed by atoms with van der Waals surface area (Å²) in [5.74, 6) is -5.36. The SMILES string of the molecule is CC1(O)CC(F)(F)CCC1Oc1nc(N[C@H]2CCN(S(=O)(=O)c3ccc(F)cc3)C[C@H]2F)ncc1C(F)(F)F. The summed E-state index contributed by atoms with van der Waals surface area (Å²) in [6.07, 6.45) is -10.2. The summed E-state index contributed by atoms with van der Waals surface area (Å²) in [6, 6.07) is 2.91. The van der Waals surface area contributed by atoms with Crippen molar-refractivity contribution in [3.63, 3.8) is 0 Å². The maximum Gasteiger partial charge on any atom is 0.423 e. The average molecular weight is 587 g/mol. The highest BCUT2D eigenvalue weighted by atomic mass is 32.2. The molecule has 216 valence electrons. The molecule has 1 aliphatic carbocycles. The van der Waals surface area contributed by atoms with Crippen LogP contribution in [0.25, 0.3) is 0 Å². The molecule has 0 amide bonds. The summed E-state index contributed by atoms with van der Waals surface area (Å²) in [5, 5.41) is 13.0. The molecular weight excluding hydrogens is 561 g/mol. The number of ether oxygens (including phenoxy) is 1. The van der Waals surface area contributed by atoms with Crippen LogP contribution in [-0.2, 0) is 16.2 Å². The molecule has 4 atom stereocenters. The van der Waals surface area contributed by atoms with Gasteiger partial charge in [-0.05, 0) is 44.0 Å². The van der Waals surface area contributed by atoms with Crippen LogP contribution in [0.1, 0.15) is 38.2 Å². The van der Waals surface area contributed by atoms with Gasteiger partial charge in [-0.3, -0.25) is 0 Å². The second-order valence-electron chi connectivity index (χ2n) is 9.82. The van der Waals surface area contributed by atoms with Gasteiger partial charge in [0.25, 0.3) is 5.92 Å². The van der Waals surface area contributed by atoms with Crippen molar-refractivity contribution in [3.05, 3.63) is 41.8 Å². The molecule has 1 aromatic carbocycles. The molecular formula is C23H25F7N4O4S. The Morgan fingerprint density at radius 1 is 1.18 bits per heavy atom. The Morgan fingerprint density at radius 3 is 2.44 bits per heavy atom. The Kier molecular flexibility index (Phi) is 7.77. The van der Waals surface area contributed by atoms with Crippen LogP contribution in [0, 0.1) is 5.82 Å². The topological polar surface area (TPSA) is 105 Å². The lowest BCUT2D eigenvalue weighted by atomic mass is 9.81. The summed E-state index contributed by atoms with van der Waals surface area (Å²) in [5.41, 5.74) is -3.58. The Bertz CT molecular complexity index is 1290. The molecule has 2 unspecified atom stereocenters. The fourth-order valence-electron chi connectivity index (χ4n) is 4.60. The molecule has 0 bridgehead atoms. The number of piperidine rings is 1. The van der Waals surface area contributed by atoms with Crippen molar-refractivity contribution >= 4 is 16.0 Å². The number of nitrogens with one attached hydrogen (secondary N) is 1. The van der Waals surface area contributed by atoms with E-state index in [1.165, 1.54) is 0 Å². The third kappa shape index (κ3) is 6.54. The standard InChI is InChI=1S/C23H25F7N4O4S/c1-21(35)12-22(26,27)8-6-18(21)38-19-15(23(28,29)30)10-31-20(33-19)32-17-7-9-34(11-16(17)25)39(36,37)14-4-2-13(24)3-5-14/h2-5,10,16-18,35H,6-9,11-12H2,1H3,(H,31,32,33)/t16-,17+,18?,21?/m1/s1. The van der Waals surface area contributed by atoms with Crippen molar-refractivity contribution in [2.75, 3.05) is 18.4 Å². The number of hydrogen-bond donors (Lipinski definition) is 2. The largest absolute Gasteiger partial charge is 0.471 e. The lowest BCUT2D eigenvalue weighted by Gasteiger charge is -2.40. The number of alkyl halides is 6. The van der Waals surface area contributed by atoms with Crippen LogP contribution in [0.5, 0.6) is 5.88 Å². The fourth-order valence-corrected chi connectivity index (χ4v) is 6.06. The molecule has 2 heterocycles. The maximum absolute atomic E-state index is 15.0. The molecule has 1 saturated carbocycles. The highest BCUT2D eigenvalue weighted by Gasteiger charge is 2.50. The average Bonchev–Trinajstić information content (AvgIpc) is 2.81. The quantitative estimate of drug-likeness (QED) is 0.490. The third-order valence-corrected chi connectivity index (χ3v) is 8.54. The minimum Gasteiger partial charge on any atom is -0.471 e. The predicted molar refractivity (Wildman–Crippen MR) is 123 cm³/mol. The van der Waals surface area contributed by atoms with E-state index in [1.807, 2.05) is 0 Å². The molecule has 8 nitrogen and oxygen atoms in total. The molecule has 39 heavy (non-hydrogen) atoms. The van der Waals surface area contributed by atoms with Gasteiger partial charge in [-0.15, -0.1) is 0 Å². The molecule has 2 fully saturated rings. The lowest BCUT2D eigenvalue weighted by molar-refractivity contribution is -0.167. The van der Waals surface area contributed by atoms with Gasteiger partial charge in [0.1, 0.15) is 29.3 Å². The Hall–Kier alpha value is -2.72. The minimum atomic E-state index is -4.99. The van der Waals surface area contributed by atoms with Gasteiger partial charge in [-0.1, -0.05) is 0 Å². The van der Waals surface area contributed by atoms with Crippen molar-refractivity contribution in [3.8, 4) is 5.88 Å². The van der Waals surface area contributed by atoms with Crippen LogP contribution in [0.15, 0.2) is 35.4 Å². The first-order valence-corrected chi connectivity index (χ1v) is 13.3. The normalized spacial score (nSPS) is 28.2. The molecule has 0 spiro atoms. The number of anilines is 1. The van der Waals surface area contributed by atoms with Gasteiger partial charge in [0.15, 0.2) is 0 Å². The fraction of sp³-hybridized carbons (Fsp3) is 0.565. The molecule has 4 rings (SSSR count). The summed E-state index contributed by atoms with van der Waals surface area (Å²) in [6.45, 7) is 0.265. The second kappa shape index (κ2) is 10.4. The van der Waals surface area contributed by atoms with Gasteiger partial charge in [-0.25, -0.2) is 31.0 Å². The number of nitrogens with zero attached hydrogens (tertiary/aromatic N) is 3. The maximum atomic E-state index is 15.0. The van der Waals surface area contributed by atoms with Gasteiger partial charge < -0.3 is 15.2 Å². The van der Waals surface area contributed by atoms with Crippen molar-refractivity contribution in [2.24, 2.45) is 0 Å². The molecule has 1 aliphatic heterocycles.